The topological polar surface area (TPSA) is 62.9 Å². The molecule has 0 aromatic heterocycles. The third-order valence-corrected chi connectivity index (χ3v) is 3.88. The van der Waals surface area contributed by atoms with Gasteiger partial charge in [-0.15, -0.1) is 24.0 Å². The Bertz CT molecular complexity index is 297. The molecule has 1 atom stereocenters. The van der Waals surface area contributed by atoms with Crippen molar-refractivity contribution in [3.63, 3.8) is 0 Å². The lowest BCUT2D eigenvalue weighted by Gasteiger charge is -2.13. The fraction of sp³-hybridized carbons (Fsp3) is 0.929. The van der Waals surface area contributed by atoms with Gasteiger partial charge in [0.1, 0.15) is 0 Å². The summed E-state index contributed by atoms with van der Waals surface area (Å²) in [6.45, 7) is 7.76. The van der Waals surface area contributed by atoms with Crippen LogP contribution in [-0.2, 0) is 4.74 Å². The van der Waals surface area contributed by atoms with E-state index in [4.69, 9.17) is 10.5 Å². The van der Waals surface area contributed by atoms with Gasteiger partial charge < -0.3 is 20.7 Å². The molecule has 1 saturated heterocycles. The summed E-state index contributed by atoms with van der Waals surface area (Å²) in [4.78, 5) is 7.07. The van der Waals surface area contributed by atoms with Gasteiger partial charge >= 0.3 is 0 Å². The van der Waals surface area contributed by atoms with Crippen molar-refractivity contribution in [2.75, 3.05) is 39.4 Å². The predicted octanol–water partition coefficient (Wildman–Crippen LogP) is 1.42. The van der Waals surface area contributed by atoms with Crippen LogP contribution in [0.15, 0.2) is 4.99 Å². The summed E-state index contributed by atoms with van der Waals surface area (Å²) in [7, 11) is 0. The molecule has 2 rings (SSSR count). The predicted molar refractivity (Wildman–Crippen MR) is 93.7 cm³/mol. The van der Waals surface area contributed by atoms with Gasteiger partial charge in [0, 0.05) is 38.9 Å². The van der Waals surface area contributed by atoms with Gasteiger partial charge in [-0.3, -0.25) is 4.99 Å². The molecule has 1 heterocycles. The van der Waals surface area contributed by atoms with Gasteiger partial charge in [-0.1, -0.05) is 0 Å². The third kappa shape index (κ3) is 6.58. The lowest BCUT2D eigenvalue weighted by molar-refractivity contribution is 0.145. The Morgan fingerprint density at radius 3 is 2.90 bits per heavy atom. The maximum atomic E-state index is 5.86. The minimum Gasteiger partial charge on any atom is -0.382 e. The minimum atomic E-state index is 0. The molecular formula is C14H29IN4O. The molecule has 1 unspecified atom stereocenters. The van der Waals surface area contributed by atoms with Gasteiger partial charge in [-0.05, 0) is 45.1 Å². The molecular weight excluding hydrogens is 367 g/mol. The van der Waals surface area contributed by atoms with Crippen molar-refractivity contribution in [2.24, 2.45) is 16.6 Å². The number of nitrogens with zero attached hydrogens (tertiary/aromatic N) is 2. The zero-order valence-corrected chi connectivity index (χ0v) is 14.8. The molecule has 1 aliphatic carbocycles. The van der Waals surface area contributed by atoms with E-state index < -0.39 is 0 Å². The third-order valence-electron chi connectivity index (χ3n) is 3.88. The van der Waals surface area contributed by atoms with Crippen LogP contribution in [0.4, 0.5) is 0 Å². The zero-order chi connectivity index (χ0) is 13.5. The molecule has 5 nitrogen and oxygen atoms in total. The molecule has 3 N–H and O–H groups in total. The van der Waals surface area contributed by atoms with Crippen LogP contribution in [0.25, 0.3) is 0 Å². The molecule has 0 spiro atoms. The number of nitrogens with two attached hydrogens (primary N) is 1. The van der Waals surface area contributed by atoms with E-state index in [1.165, 1.54) is 32.4 Å². The zero-order valence-electron chi connectivity index (χ0n) is 12.5. The molecule has 0 aromatic carbocycles. The van der Waals surface area contributed by atoms with Crippen LogP contribution < -0.4 is 11.1 Å². The van der Waals surface area contributed by atoms with Gasteiger partial charge in [0.2, 0.25) is 0 Å². The summed E-state index contributed by atoms with van der Waals surface area (Å²) in [5, 5.41) is 3.15. The first-order valence-electron chi connectivity index (χ1n) is 7.65. The number of rotatable bonds is 8. The van der Waals surface area contributed by atoms with E-state index in [0.29, 0.717) is 11.9 Å². The number of ether oxygens (including phenoxy) is 1. The second-order valence-corrected chi connectivity index (χ2v) is 5.58. The lowest BCUT2D eigenvalue weighted by atomic mass is 10.1. The largest absolute Gasteiger partial charge is 0.382 e. The first-order valence-corrected chi connectivity index (χ1v) is 7.65. The quantitative estimate of drug-likeness (QED) is 0.282. The number of hydrogen-bond donors (Lipinski definition) is 2. The van der Waals surface area contributed by atoms with E-state index in [9.17, 15) is 0 Å². The highest BCUT2D eigenvalue weighted by Crippen LogP contribution is 2.31. The first kappa shape index (κ1) is 18.0. The smallest absolute Gasteiger partial charge is 0.188 e. The van der Waals surface area contributed by atoms with Crippen molar-refractivity contribution in [1.29, 1.82) is 0 Å². The highest BCUT2D eigenvalue weighted by Gasteiger charge is 2.34. The van der Waals surface area contributed by atoms with E-state index in [-0.39, 0.29) is 24.0 Å². The van der Waals surface area contributed by atoms with E-state index >= 15 is 0 Å². The Morgan fingerprint density at radius 1 is 1.40 bits per heavy atom. The average Bonchev–Trinajstić information content (AvgIpc) is 3.15. The van der Waals surface area contributed by atoms with Crippen LogP contribution in [-0.4, -0.2) is 56.3 Å². The molecule has 118 valence electrons. The standard InChI is InChI=1S/C14H28N4O.HI/c1-2-19-9-3-7-16-14(15)17-10-12-6-8-18(11-12)13-4-5-13;/h12-13H,2-11H2,1H3,(H3,15,16,17);1H. The van der Waals surface area contributed by atoms with Crippen LogP contribution in [0.2, 0.25) is 0 Å². The number of likely N-dealkylation sites (tertiary alicyclic amines) is 1. The van der Waals surface area contributed by atoms with Gasteiger partial charge in [0.25, 0.3) is 0 Å². The van der Waals surface area contributed by atoms with Crippen LogP contribution in [0.3, 0.4) is 0 Å². The second kappa shape index (κ2) is 9.78. The van der Waals surface area contributed by atoms with Crippen molar-refractivity contribution in [1.82, 2.24) is 10.2 Å². The molecule has 1 saturated carbocycles. The number of halogens is 1. The normalized spacial score (nSPS) is 23.6. The first-order chi connectivity index (χ1) is 9.29. The lowest BCUT2D eigenvalue weighted by Crippen LogP contribution is -2.33. The Labute approximate surface area is 139 Å². The Kier molecular flexibility index (Phi) is 8.79. The molecule has 2 aliphatic rings. The highest BCUT2D eigenvalue weighted by molar-refractivity contribution is 14.0. The number of guanidine groups is 1. The van der Waals surface area contributed by atoms with Crippen molar-refractivity contribution in [3.8, 4) is 0 Å². The molecule has 6 heteroatoms. The molecule has 0 amide bonds. The summed E-state index contributed by atoms with van der Waals surface area (Å²) in [6, 6.07) is 0.892. The van der Waals surface area contributed by atoms with Gasteiger partial charge in [-0.25, -0.2) is 0 Å². The molecule has 0 bridgehead atoms. The molecule has 1 aliphatic heterocycles. The molecule has 0 aromatic rings. The number of nitrogens with one attached hydrogen (secondary N) is 1. The minimum absolute atomic E-state index is 0. The fourth-order valence-electron chi connectivity index (χ4n) is 2.60. The summed E-state index contributed by atoms with van der Waals surface area (Å²) in [6.07, 6.45) is 5.06. The van der Waals surface area contributed by atoms with Crippen LogP contribution in [0, 0.1) is 5.92 Å². The maximum absolute atomic E-state index is 5.86. The van der Waals surface area contributed by atoms with Crippen LogP contribution in [0.5, 0.6) is 0 Å². The van der Waals surface area contributed by atoms with E-state index in [2.05, 4.69) is 15.2 Å². The Hall–Kier alpha value is -0.0800. The van der Waals surface area contributed by atoms with Gasteiger partial charge in [0.15, 0.2) is 5.96 Å². The summed E-state index contributed by atoms with van der Waals surface area (Å²) in [5.74, 6) is 1.28. The van der Waals surface area contributed by atoms with Crippen LogP contribution >= 0.6 is 24.0 Å². The van der Waals surface area contributed by atoms with Crippen molar-refractivity contribution in [3.05, 3.63) is 0 Å². The summed E-state index contributed by atoms with van der Waals surface area (Å²) >= 11 is 0. The summed E-state index contributed by atoms with van der Waals surface area (Å²) < 4.78 is 5.27. The van der Waals surface area contributed by atoms with E-state index in [1.54, 1.807) is 0 Å². The number of hydrogen-bond acceptors (Lipinski definition) is 3. The molecule has 20 heavy (non-hydrogen) atoms. The molecule has 2 fully saturated rings. The molecule has 0 radical (unpaired) electrons. The van der Waals surface area contributed by atoms with Gasteiger partial charge in [0.05, 0.1) is 0 Å². The maximum Gasteiger partial charge on any atom is 0.188 e. The average molecular weight is 396 g/mol. The van der Waals surface area contributed by atoms with Crippen molar-refractivity contribution >= 4 is 29.9 Å². The Morgan fingerprint density at radius 2 is 2.20 bits per heavy atom. The van der Waals surface area contributed by atoms with E-state index in [0.717, 1.165) is 38.8 Å². The number of aliphatic imine (C=N–C) groups is 1. The van der Waals surface area contributed by atoms with Gasteiger partial charge in [-0.2, -0.15) is 0 Å². The summed E-state index contributed by atoms with van der Waals surface area (Å²) in [5.41, 5.74) is 5.86. The monoisotopic (exact) mass is 396 g/mol. The van der Waals surface area contributed by atoms with Crippen molar-refractivity contribution < 1.29 is 4.74 Å². The second-order valence-electron chi connectivity index (χ2n) is 5.58. The SMILES string of the molecule is CCOCCCNC(N)=NCC1CCN(C2CC2)C1.I. The Balaban J connectivity index is 0.00000200. The van der Waals surface area contributed by atoms with Crippen molar-refractivity contribution in [2.45, 2.75) is 38.6 Å². The highest BCUT2D eigenvalue weighted by atomic mass is 127. The van der Waals surface area contributed by atoms with Crippen LogP contribution in [0.1, 0.15) is 32.6 Å². The fourth-order valence-corrected chi connectivity index (χ4v) is 2.60. The van der Waals surface area contributed by atoms with E-state index in [1.807, 2.05) is 6.92 Å².